The normalized spacial score (nSPS) is 18.4. The molecule has 0 aromatic carbocycles. The first-order valence-electron chi connectivity index (χ1n) is 9.01. The molecule has 160 valence electrons. The van der Waals surface area contributed by atoms with E-state index in [1.807, 2.05) is 0 Å². The van der Waals surface area contributed by atoms with Gasteiger partial charge in [-0.15, -0.1) is 11.3 Å². The summed E-state index contributed by atoms with van der Waals surface area (Å²) in [6, 6.07) is 0. The first-order valence-corrected chi connectivity index (χ1v) is 9.83. The number of anilines is 1. The van der Waals surface area contributed by atoms with Gasteiger partial charge in [-0.2, -0.15) is 18.2 Å². The van der Waals surface area contributed by atoms with Crippen LogP contribution in [0.1, 0.15) is 41.9 Å². The predicted molar refractivity (Wildman–Crippen MR) is 95.2 cm³/mol. The highest BCUT2D eigenvalue weighted by Gasteiger charge is 2.41. The molecule has 30 heavy (non-hydrogen) atoms. The number of rotatable bonds is 4. The molecule has 0 spiro atoms. The van der Waals surface area contributed by atoms with Crippen LogP contribution in [-0.2, 0) is 28.6 Å². The fraction of sp³-hybridized carbons (Fsp3) is 0.444. The van der Waals surface area contributed by atoms with Crippen molar-refractivity contribution in [3.05, 3.63) is 27.4 Å². The Morgan fingerprint density at radius 1 is 1.23 bits per heavy atom. The van der Waals surface area contributed by atoms with Crippen molar-refractivity contribution in [3.8, 4) is 11.5 Å². The van der Waals surface area contributed by atoms with E-state index in [1.165, 1.54) is 0 Å². The van der Waals surface area contributed by atoms with Gasteiger partial charge in [0.1, 0.15) is 11.3 Å². The summed E-state index contributed by atoms with van der Waals surface area (Å²) in [4.78, 5) is 27.4. The van der Waals surface area contributed by atoms with Crippen molar-refractivity contribution in [2.45, 2.75) is 50.6 Å². The van der Waals surface area contributed by atoms with Gasteiger partial charge in [0.2, 0.25) is 0 Å². The van der Waals surface area contributed by atoms with Gasteiger partial charge < -0.3 is 9.84 Å². The molecule has 0 saturated carbocycles. The number of carbonyl (C=O) groups is 2. The number of nitrogens with zero attached hydrogens (tertiary/aromatic N) is 2. The number of carbonyl (C=O) groups excluding carboxylic acids is 2. The lowest BCUT2D eigenvalue weighted by atomic mass is 9.92. The number of halogens is 5. The van der Waals surface area contributed by atoms with Crippen LogP contribution in [0.3, 0.4) is 0 Å². The third-order valence-corrected chi connectivity index (χ3v) is 6.20. The van der Waals surface area contributed by atoms with Crippen LogP contribution in [0.5, 0.6) is 0 Å². The van der Waals surface area contributed by atoms with Crippen molar-refractivity contribution >= 4 is 28.5 Å². The van der Waals surface area contributed by atoms with Crippen LogP contribution in [0, 0.1) is 0 Å². The zero-order chi connectivity index (χ0) is 21.7. The summed E-state index contributed by atoms with van der Waals surface area (Å²) in [7, 11) is 0. The molecule has 12 heteroatoms. The summed E-state index contributed by atoms with van der Waals surface area (Å²) in [5, 5.41) is 5.52. The Morgan fingerprint density at radius 2 is 2.00 bits per heavy atom. The molecule has 2 aromatic rings. The second kappa shape index (κ2) is 7.25. The van der Waals surface area contributed by atoms with Crippen molar-refractivity contribution in [1.82, 2.24) is 10.1 Å². The summed E-state index contributed by atoms with van der Waals surface area (Å²) in [6.07, 6.45) is -4.01. The number of amides is 1. The van der Waals surface area contributed by atoms with Crippen LogP contribution in [-0.4, -0.2) is 28.3 Å². The highest BCUT2D eigenvalue weighted by Crippen LogP contribution is 2.47. The van der Waals surface area contributed by atoms with Crippen LogP contribution in [0.25, 0.3) is 11.5 Å². The van der Waals surface area contributed by atoms with Gasteiger partial charge in [-0.1, -0.05) is 5.16 Å². The lowest BCUT2D eigenvalue weighted by Crippen LogP contribution is -2.24. The summed E-state index contributed by atoms with van der Waals surface area (Å²) in [5.41, 5.74) is 0.996. The largest absolute Gasteiger partial charge is 0.455 e. The van der Waals surface area contributed by atoms with E-state index in [4.69, 9.17) is 4.52 Å². The molecule has 0 aliphatic heterocycles. The number of aldehydes is 1. The van der Waals surface area contributed by atoms with Gasteiger partial charge in [-0.25, -0.2) is 8.78 Å². The number of fused-ring (bicyclic) bond motifs is 1. The van der Waals surface area contributed by atoms with Crippen molar-refractivity contribution in [2.75, 3.05) is 5.32 Å². The summed E-state index contributed by atoms with van der Waals surface area (Å²) < 4.78 is 71.2. The lowest BCUT2D eigenvalue weighted by Gasteiger charge is -2.21. The van der Waals surface area contributed by atoms with Crippen molar-refractivity contribution in [2.24, 2.45) is 0 Å². The third-order valence-electron chi connectivity index (χ3n) is 5.05. The highest BCUT2D eigenvalue weighted by atomic mass is 32.1. The summed E-state index contributed by atoms with van der Waals surface area (Å²) in [6.45, 7) is 0. The van der Waals surface area contributed by atoms with Crippen LogP contribution < -0.4 is 5.32 Å². The SMILES string of the molecule is O=CC1=C(C(=O)Nc2sc3c(c2-c2nc(C(F)(F)F)no2)CCC(F)(F)C3)CCC1. The number of thiophene rings is 1. The molecule has 1 N–H and O–H groups in total. The van der Waals surface area contributed by atoms with Gasteiger partial charge in [-0.3, -0.25) is 9.59 Å². The van der Waals surface area contributed by atoms with Gasteiger partial charge in [0.05, 0.1) is 5.56 Å². The molecule has 2 aliphatic carbocycles. The average molecular weight is 447 g/mol. The minimum atomic E-state index is -4.85. The van der Waals surface area contributed by atoms with Gasteiger partial charge in [0, 0.05) is 28.9 Å². The molecule has 2 heterocycles. The number of hydrogen-bond donors (Lipinski definition) is 1. The quantitative estimate of drug-likeness (QED) is 0.549. The molecular formula is C18H14F5N3O3S. The zero-order valence-corrected chi connectivity index (χ0v) is 16.1. The fourth-order valence-corrected chi connectivity index (χ4v) is 4.95. The molecule has 2 aliphatic rings. The van der Waals surface area contributed by atoms with Gasteiger partial charge in [0.15, 0.2) is 0 Å². The number of allylic oxidation sites excluding steroid dienone is 1. The molecular weight excluding hydrogens is 433 g/mol. The highest BCUT2D eigenvalue weighted by molar-refractivity contribution is 7.17. The zero-order valence-electron chi connectivity index (χ0n) is 15.2. The smallest absolute Gasteiger partial charge is 0.334 e. The Morgan fingerprint density at radius 3 is 2.67 bits per heavy atom. The van der Waals surface area contributed by atoms with Crippen LogP contribution in [0.2, 0.25) is 0 Å². The summed E-state index contributed by atoms with van der Waals surface area (Å²) in [5.74, 6) is -5.56. The van der Waals surface area contributed by atoms with E-state index >= 15 is 0 Å². The van der Waals surface area contributed by atoms with E-state index < -0.39 is 42.6 Å². The van der Waals surface area contributed by atoms with Gasteiger partial charge in [-0.05, 0) is 31.2 Å². The van der Waals surface area contributed by atoms with E-state index in [0.717, 1.165) is 11.3 Å². The molecule has 0 saturated heterocycles. The predicted octanol–water partition coefficient (Wildman–Crippen LogP) is 4.56. The number of aromatic nitrogens is 2. The average Bonchev–Trinajstić information content (AvgIpc) is 3.37. The van der Waals surface area contributed by atoms with Crippen LogP contribution >= 0.6 is 11.3 Å². The third kappa shape index (κ3) is 3.75. The summed E-state index contributed by atoms with van der Waals surface area (Å²) >= 11 is 0.840. The number of hydrogen-bond acceptors (Lipinski definition) is 6. The second-order valence-electron chi connectivity index (χ2n) is 7.09. The van der Waals surface area contributed by atoms with Crippen LogP contribution in [0.15, 0.2) is 15.7 Å². The molecule has 0 atom stereocenters. The van der Waals surface area contributed by atoms with Crippen molar-refractivity contribution in [3.63, 3.8) is 0 Å². The fourth-order valence-electron chi connectivity index (χ4n) is 3.64. The lowest BCUT2D eigenvalue weighted by molar-refractivity contribution is -0.146. The Balaban J connectivity index is 1.76. The van der Waals surface area contributed by atoms with E-state index in [-0.39, 0.29) is 27.4 Å². The maximum atomic E-state index is 13.9. The molecule has 6 nitrogen and oxygen atoms in total. The molecule has 4 rings (SSSR count). The van der Waals surface area contributed by atoms with Crippen molar-refractivity contribution < 1.29 is 36.1 Å². The molecule has 0 bridgehead atoms. The first-order chi connectivity index (χ1) is 14.1. The number of alkyl halides is 5. The van der Waals surface area contributed by atoms with Gasteiger partial charge in [0.25, 0.3) is 23.5 Å². The molecule has 0 unspecified atom stereocenters. The Kier molecular flexibility index (Phi) is 4.99. The molecule has 1 amide bonds. The van der Waals surface area contributed by atoms with E-state index in [0.29, 0.717) is 36.7 Å². The molecule has 0 radical (unpaired) electrons. The maximum Gasteiger partial charge on any atom is 0.455 e. The van der Waals surface area contributed by atoms with Crippen LogP contribution in [0.4, 0.5) is 27.0 Å². The monoisotopic (exact) mass is 447 g/mol. The topological polar surface area (TPSA) is 85.1 Å². The Labute approximate surface area is 170 Å². The first kappa shape index (κ1) is 20.6. The van der Waals surface area contributed by atoms with E-state index in [9.17, 15) is 31.5 Å². The minimum Gasteiger partial charge on any atom is -0.334 e. The van der Waals surface area contributed by atoms with Gasteiger partial charge >= 0.3 is 6.18 Å². The van der Waals surface area contributed by atoms with Crippen molar-refractivity contribution in [1.29, 1.82) is 0 Å². The number of nitrogens with one attached hydrogen (secondary N) is 1. The Hall–Kier alpha value is -2.63. The maximum absolute atomic E-state index is 13.9. The molecule has 2 aromatic heterocycles. The molecule has 0 fully saturated rings. The Bertz CT molecular complexity index is 1050. The van der Waals surface area contributed by atoms with E-state index in [2.05, 4.69) is 15.5 Å². The minimum absolute atomic E-state index is 0.0214. The van der Waals surface area contributed by atoms with E-state index in [1.54, 1.807) is 0 Å². The standard InChI is InChI=1S/C18H14F5N3O3S/c19-17(20)5-4-10-11(6-17)30-15(24-13(28)9-3-1-2-8(9)7-27)12(10)14-25-16(26-29-14)18(21,22)23/h7H,1-6H2,(H,24,28). The second-order valence-corrected chi connectivity index (χ2v) is 8.20.